The number of hydrogen-bond donors (Lipinski definition) is 1. The van der Waals surface area contributed by atoms with Crippen LogP contribution in [0.5, 0.6) is 0 Å². The van der Waals surface area contributed by atoms with E-state index in [2.05, 4.69) is 10.1 Å². The molecule has 1 rings (SSSR count). The second-order valence-electron chi connectivity index (χ2n) is 5.75. The van der Waals surface area contributed by atoms with E-state index in [-0.39, 0.29) is 12.3 Å². The van der Waals surface area contributed by atoms with E-state index in [4.69, 9.17) is 5.26 Å². The summed E-state index contributed by atoms with van der Waals surface area (Å²) in [5, 5.41) is 11.4. The Hall–Kier alpha value is -2.42. The van der Waals surface area contributed by atoms with Crippen LogP contribution in [0.2, 0.25) is 0 Å². The summed E-state index contributed by atoms with van der Waals surface area (Å²) < 4.78 is 19.4. The minimum Gasteiger partial charge on any atom is -0.467 e. The van der Waals surface area contributed by atoms with Gasteiger partial charge in [-0.15, -0.1) is 0 Å². The van der Waals surface area contributed by atoms with Crippen molar-refractivity contribution >= 4 is 11.9 Å². The smallest absolute Gasteiger partial charge is 0.328 e. The average molecular weight is 320 g/mol. The third-order valence-corrected chi connectivity index (χ3v) is 3.33. The number of esters is 1. The number of halogens is 1. The predicted molar refractivity (Wildman–Crippen MR) is 83.0 cm³/mol. The molecule has 0 aliphatic carbocycles. The summed E-state index contributed by atoms with van der Waals surface area (Å²) in [6.45, 7) is 3.72. The van der Waals surface area contributed by atoms with Gasteiger partial charge in [0.15, 0.2) is 0 Å². The van der Waals surface area contributed by atoms with Crippen molar-refractivity contribution in [1.82, 2.24) is 5.32 Å². The lowest BCUT2D eigenvalue weighted by Gasteiger charge is -2.22. The molecular formula is C17H21FN2O3. The summed E-state index contributed by atoms with van der Waals surface area (Å²) in [5.74, 6) is -1.70. The first-order chi connectivity index (χ1) is 10.8. The van der Waals surface area contributed by atoms with Gasteiger partial charge in [-0.05, 0) is 17.9 Å². The maximum absolute atomic E-state index is 14.7. The summed E-state index contributed by atoms with van der Waals surface area (Å²) >= 11 is 0. The first kappa shape index (κ1) is 18.6. The van der Waals surface area contributed by atoms with Gasteiger partial charge in [0.1, 0.15) is 12.1 Å². The van der Waals surface area contributed by atoms with Gasteiger partial charge in [0, 0.05) is 6.42 Å². The van der Waals surface area contributed by atoms with E-state index in [0.717, 1.165) is 0 Å². The summed E-state index contributed by atoms with van der Waals surface area (Å²) in [7, 11) is 1.19. The van der Waals surface area contributed by atoms with Crippen LogP contribution in [-0.4, -0.2) is 30.7 Å². The molecule has 1 aromatic carbocycles. The van der Waals surface area contributed by atoms with Gasteiger partial charge >= 0.3 is 5.97 Å². The standard InChI is InChI=1S/C17H21FN2O3/c1-12(2)9-14(15(21)23-3)20-16(22)17(18,11-19)10-13-7-5-4-6-8-13/h4-8,12,14H,9-10H2,1-3H3,(H,20,22). The fraction of sp³-hybridized carbons (Fsp3) is 0.471. The topological polar surface area (TPSA) is 79.2 Å². The normalized spacial score (nSPS) is 14.4. The summed E-state index contributed by atoms with van der Waals surface area (Å²) in [5.41, 5.74) is -2.23. The van der Waals surface area contributed by atoms with Gasteiger partial charge in [-0.3, -0.25) is 4.79 Å². The number of nitriles is 1. The Balaban J connectivity index is 2.89. The molecule has 0 fully saturated rings. The minimum atomic E-state index is -2.75. The number of rotatable bonds is 7. The quantitative estimate of drug-likeness (QED) is 0.781. The van der Waals surface area contributed by atoms with E-state index in [1.54, 1.807) is 30.3 Å². The number of carbonyl (C=O) groups excluding carboxylic acids is 2. The molecule has 0 saturated carbocycles. The lowest BCUT2D eigenvalue weighted by molar-refractivity contribution is -0.146. The lowest BCUT2D eigenvalue weighted by Crippen LogP contribution is -2.51. The predicted octanol–water partition coefficient (Wildman–Crippen LogP) is 2.16. The van der Waals surface area contributed by atoms with Crippen LogP contribution in [0.1, 0.15) is 25.8 Å². The number of ether oxygens (including phenoxy) is 1. The van der Waals surface area contributed by atoms with Crippen LogP contribution >= 0.6 is 0 Å². The van der Waals surface area contributed by atoms with E-state index < -0.39 is 23.6 Å². The van der Waals surface area contributed by atoms with Crippen LogP contribution in [0.15, 0.2) is 30.3 Å². The molecule has 124 valence electrons. The van der Waals surface area contributed by atoms with Crippen molar-refractivity contribution in [2.45, 2.75) is 38.4 Å². The number of alkyl halides is 1. The summed E-state index contributed by atoms with van der Waals surface area (Å²) in [6.07, 6.45) is -0.0863. The molecule has 0 spiro atoms. The van der Waals surface area contributed by atoms with Crippen LogP contribution in [0, 0.1) is 17.2 Å². The lowest BCUT2D eigenvalue weighted by atomic mass is 9.95. The van der Waals surface area contributed by atoms with Crippen LogP contribution < -0.4 is 5.32 Å². The summed E-state index contributed by atoms with van der Waals surface area (Å²) in [4.78, 5) is 23.9. The molecule has 0 heterocycles. The Labute approximate surface area is 135 Å². The zero-order valence-corrected chi connectivity index (χ0v) is 13.5. The summed E-state index contributed by atoms with van der Waals surface area (Å²) in [6, 6.07) is 8.84. The molecule has 6 heteroatoms. The highest BCUT2D eigenvalue weighted by molar-refractivity contribution is 5.92. The van der Waals surface area contributed by atoms with Crippen molar-refractivity contribution in [2.75, 3.05) is 7.11 Å². The van der Waals surface area contributed by atoms with E-state index in [1.807, 2.05) is 13.8 Å². The number of nitrogens with one attached hydrogen (secondary N) is 1. The number of benzene rings is 1. The molecule has 0 radical (unpaired) electrons. The van der Waals surface area contributed by atoms with Crippen molar-refractivity contribution in [3.8, 4) is 6.07 Å². The molecule has 2 unspecified atom stereocenters. The molecule has 1 aromatic rings. The third kappa shape index (κ3) is 5.37. The highest BCUT2D eigenvalue weighted by Crippen LogP contribution is 2.19. The molecule has 5 nitrogen and oxygen atoms in total. The molecule has 0 aliphatic heterocycles. The van der Waals surface area contributed by atoms with Crippen molar-refractivity contribution in [2.24, 2.45) is 5.92 Å². The fourth-order valence-corrected chi connectivity index (χ4v) is 2.15. The Morgan fingerprint density at radius 3 is 2.43 bits per heavy atom. The maximum Gasteiger partial charge on any atom is 0.328 e. The number of amides is 1. The SMILES string of the molecule is COC(=O)C(CC(C)C)NC(=O)C(F)(C#N)Cc1ccccc1. The molecular weight excluding hydrogens is 299 g/mol. The second kappa shape index (κ2) is 8.28. The van der Waals surface area contributed by atoms with Crippen LogP contribution in [0.3, 0.4) is 0 Å². The number of carbonyl (C=O) groups is 2. The first-order valence-electron chi connectivity index (χ1n) is 7.35. The van der Waals surface area contributed by atoms with Crippen LogP contribution in [0.4, 0.5) is 4.39 Å². The molecule has 1 N–H and O–H groups in total. The van der Waals surface area contributed by atoms with Gasteiger partial charge in [0.05, 0.1) is 7.11 Å². The number of hydrogen-bond acceptors (Lipinski definition) is 4. The molecule has 0 aromatic heterocycles. The first-order valence-corrected chi connectivity index (χ1v) is 7.35. The van der Waals surface area contributed by atoms with Gasteiger partial charge < -0.3 is 10.1 Å². The highest BCUT2D eigenvalue weighted by atomic mass is 19.1. The molecule has 23 heavy (non-hydrogen) atoms. The van der Waals surface area contributed by atoms with Gasteiger partial charge in [-0.1, -0.05) is 44.2 Å². The molecule has 2 atom stereocenters. The average Bonchev–Trinajstić information content (AvgIpc) is 2.53. The number of methoxy groups -OCH3 is 1. The van der Waals surface area contributed by atoms with Crippen molar-refractivity contribution < 1.29 is 18.7 Å². The second-order valence-corrected chi connectivity index (χ2v) is 5.75. The Kier molecular flexibility index (Phi) is 6.70. The third-order valence-electron chi connectivity index (χ3n) is 3.33. The Morgan fingerprint density at radius 1 is 1.35 bits per heavy atom. The van der Waals surface area contributed by atoms with Gasteiger partial charge in [-0.25, -0.2) is 9.18 Å². The van der Waals surface area contributed by atoms with E-state index in [0.29, 0.717) is 12.0 Å². The van der Waals surface area contributed by atoms with Gasteiger partial charge in [0.25, 0.3) is 11.6 Å². The van der Waals surface area contributed by atoms with Crippen molar-refractivity contribution in [3.63, 3.8) is 0 Å². The van der Waals surface area contributed by atoms with E-state index in [1.165, 1.54) is 13.2 Å². The zero-order valence-electron chi connectivity index (χ0n) is 13.5. The fourth-order valence-electron chi connectivity index (χ4n) is 2.15. The Bertz CT molecular complexity index is 583. The maximum atomic E-state index is 14.7. The molecule has 0 aliphatic rings. The van der Waals surface area contributed by atoms with Crippen LogP contribution in [0.25, 0.3) is 0 Å². The highest BCUT2D eigenvalue weighted by Gasteiger charge is 2.41. The van der Waals surface area contributed by atoms with Crippen LogP contribution in [-0.2, 0) is 20.7 Å². The van der Waals surface area contributed by atoms with Crippen molar-refractivity contribution in [3.05, 3.63) is 35.9 Å². The monoisotopic (exact) mass is 320 g/mol. The molecule has 0 bridgehead atoms. The number of nitrogens with zero attached hydrogens (tertiary/aromatic N) is 1. The Morgan fingerprint density at radius 2 is 1.96 bits per heavy atom. The van der Waals surface area contributed by atoms with Gasteiger partial charge in [-0.2, -0.15) is 5.26 Å². The molecule has 0 saturated heterocycles. The van der Waals surface area contributed by atoms with E-state index in [9.17, 15) is 14.0 Å². The zero-order chi connectivity index (χ0) is 17.5. The molecule has 1 amide bonds. The largest absolute Gasteiger partial charge is 0.467 e. The van der Waals surface area contributed by atoms with E-state index >= 15 is 0 Å². The van der Waals surface area contributed by atoms with Crippen molar-refractivity contribution in [1.29, 1.82) is 5.26 Å². The van der Waals surface area contributed by atoms with Gasteiger partial charge in [0.2, 0.25) is 0 Å². The minimum absolute atomic E-state index is 0.0876.